The third-order valence-electron chi connectivity index (χ3n) is 5.32. The molecule has 1 aromatic carbocycles. The van der Waals surface area contributed by atoms with Gasteiger partial charge in [-0.1, -0.05) is 48.8 Å². The molecule has 0 aliphatic carbocycles. The van der Waals surface area contributed by atoms with E-state index in [2.05, 4.69) is 5.16 Å². The smallest absolute Gasteiger partial charge is 0.314 e. The van der Waals surface area contributed by atoms with Crippen LogP contribution in [-0.2, 0) is 4.79 Å². The number of aliphatic hydroxyl groups is 1. The number of amides is 1. The number of benzene rings is 1. The van der Waals surface area contributed by atoms with Gasteiger partial charge in [-0.25, -0.2) is 0 Å². The number of nitrogens with zero attached hydrogens (tertiary/aromatic N) is 2. The number of carbonyl (C=O) groups is 2. The third-order valence-corrected chi connectivity index (χ3v) is 5.32. The van der Waals surface area contributed by atoms with E-state index in [9.17, 15) is 19.8 Å². The maximum absolute atomic E-state index is 13.2. The summed E-state index contributed by atoms with van der Waals surface area (Å²) in [4.78, 5) is 26.7. The molecule has 2 heterocycles. The van der Waals surface area contributed by atoms with Crippen molar-refractivity contribution < 1.29 is 24.3 Å². The van der Waals surface area contributed by atoms with Crippen LogP contribution in [0, 0.1) is 12.3 Å². The Labute approximate surface area is 157 Å². The SMILES string of the molecule is CCC[C@@]1(C(=O)O)CN(C(=O)c2c(-c3ccccc3)noc2C)CC[C@H]1O. The summed E-state index contributed by atoms with van der Waals surface area (Å²) in [6.07, 6.45) is 0.161. The van der Waals surface area contributed by atoms with Crippen molar-refractivity contribution in [1.82, 2.24) is 10.1 Å². The molecule has 3 rings (SSSR count). The van der Waals surface area contributed by atoms with Crippen LogP contribution < -0.4 is 0 Å². The fraction of sp³-hybridized carbons (Fsp3) is 0.450. The summed E-state index contributed by atoms with van der Waals surface area (Å²) in [5, 5.41) is 24.2. The molecule has 2 N–H and O–H groups in total. The summed E-state index contributed by atoms with van der Waals surface area (Å²) < 4.78 is 5.27. The summed E-state index contributed by atoms with van der Waals surface area (Å²) in [7, 11) is 0. The fourth-order valence-electron chi connectivity index (χ4n) is 3.84. The van der Waals surface area contributed by atoms with Crippen LogP contribution in [0.5, 0.6) is 0 Å². The average molecular weight is 372 g/mol. The van der Waals surface area contributed by atoms with Crippen molar-refractivity contribution in [3.8, 4) is 11.3 Å². The highest BCUT2D eigenvalue weighted by molar-refractivity contribution is 6.01. The van der Waals surface area contributed by atoms with Gasteiger partial charge in [-0.15, -0.1) is 0 Å². The van der Waals surface area contributed by atoms with Gasteiger partial charge in [0.15, 0.2) is 0 Å². The lowest BCUT2D eigenvalue weighted by atomic mass is 9.74. The number of rotatable bonds is 5. The first-order valence-corrected chi connectivity index (χ1v) is 9.13. The van der Waals surface area contributed by atoms with E-state index in [0.717, 1.165) is 5.56 Å². The largest absolute Gasteiger partial charge is 0.481 e. The molecule has 1 aromatic heterocycles. The number of aliphatic carboxylic acids is 1. The van der Waals surface area contributed by atoms with Crippen molar-refractivity contribution in [3.63, 3.8) is 0 Å². The maximum Gasteiger partial charge on any atom is 0.314 e. The van der Waals surface area contributed by atoms with Crippen LogP contribution in [0.2, 0.25) is 0 Å². The zero-order valence-corrected chi connectivity index (χ0v) is 15.5. The fourth-order valence-corrected chi connectivity index (χ4v) is 3.84. The molecule has 0 saturated carbocycles. The molecule has 1 saturated heterocycles. The first-order chi connectivity index (χ1) is 12.9. The van der Waals surface area contributed by atoms with Crippen molar-refractivity contribution in [2.24, 2.45) is 5.41 Å². The van der Waals surface area contributed by atoms with E-state index >= 15 is 0 Å². The molecular weight excluding hydrogens is 348 g/mol. The van der Waals surface area contributed by atoms with Gasteiger partial charge in [0.1, 0.15) is 22.4 Å². The molecule has 1 aliphatic heterocycles. The molecule has 2 atom stereocenters. The molecule has 1 fully saturated rings. The van der Waals surface area contributed by atoms with Crippen molar-refractivity contribution in [1.29, 1.82) is 0 Å². The lowest BCUT2D eigenvalue weighted by Crippen LogP contribution is -2.57. The summed E-state index contributed by atoms with van der Waals surface area (Å²) in [6, 6.07) is 9.25. The van der Waals surface area contributed by atoms with Gasteiger partial charge >= 0.3 is 5.97 Å². The van der Waals surface area contributed by atoms with Gasteiger partial charge < -0.3 is 19.6 Å². The Morgan fingerprint density at radius 2 is 2.04 bits per heavy atom. The second-order valence-corrected chi connectivity index (χ2v) is 7.07. The number of piperidine rings is 1. The number of carbonyl (C=O) groups excluding carboxylic acids is 1. The minimum atomic E-state index is -1.35. The highest BCUT2D eigenvalue weighted by Crippen LogP contribution is 2.37. The highest BCUT2D eigenvalue weighted by Gasteiger charge is 2.49. The predicted molar refractivity (Wildman–Crippen MR) is 98.2 cm³/mol. The monoisotopic (exact) mass is 372 g/mol. The van der Waals surface area contributed by atoms with E-state index in [0.29, 0.717) is 29.9 Å². The quantitative estimate of drug-likeness (QED) is 0.836. The van der Waals surface area contributed by atoms with Crippen LogP contribution in [0.15, 0.2) is 34.9 Å². The molecule has 27 heavy (non-hydrogen) atoms. The Balaban J connectivity index is 1.95. The Kier molecular flexibility index (Phi) is 5.32. The highest BCUT2D eigenvalue weighted by atomic mass is 16.5. The Hall–Kier alpha value is -2.67. The molecule has 0 unspecified atom stereocenters. The molecular formula is C20H24N2O5. The maximum atomic E-state index is 13.2. The molecule has 0 bridgehead atoms. The zero-order valence-electron chi connectivity index (χ0n) is 15.5. The van der Waals surface area contributed by atoms with Crippen LogP contribution in [0.1, 0.15) is 42.3 Å². The number of aliphatic hydroxyl groups excluding tert-OH is 1. The van der Waals surface area contributed by atoms with E-state index in [-0.39, 0.29) is 25.4 Å². The second-order valence-electron chi connectivity index (χ2n) is 7.07. The predicted octanol–water partition coefficient (Wildman–Crippen LogP) is 2.73. The minimum absolute atomic E-state index is 0.0327. The van der Waals surface area contributed by atoms with E-state index in [1.165, 1.54) is 4.90 Å². The van der Waals surface area contributed by atoms with E-state index in [4.69, 9.17) is 4.52 Å². The van der Waals surface area contributed by atoms with E-state index in [1.807, 2.05) is 37.3 Å². The van der Waals surface area contributed by atoms with Gasteiger partial charge in [0.25, 0.3) is 5.91 Å². The van der Waals surface area contributed by atoms with Gasteiger partial charge in [-0.05, 0) is 19.8 Å². The van der Waals surface area contributed by atoms with Crippen LogP contribution in [0.3, 0.4) is 0 Å². The first kappa shape index (κ1) is 19.1. The lowest BCUT2D eigenvalue weighted by Gasteiger charge is -2.43. The van der Waals surface area contributed by atoms with Gasteiger partial charge in [-0.3, -0.25) is 9.59 Å². The molecule has 0 spiro atoms. The third kappa shape index (κ3) is 3.35. The molecule has 2 aromatic rings. The summed E-state index contributed by atoms with van der Waals surface area (Å²) in [5.74, 6) is -0.998. The standard InChI is InChI=1S/C20H24N2O5/c1-3-10-20(19(25)26)12-22(11-9-15(20)23)18(24)16-13(2)27-21-17(16)14-7-5-4-6-8-14/h4-8,15,23H,3,9-12H2,1-2H3,(H,25,26)/t15-,20-/m1/s1. The van der Waals surface area contributed by atoms with Crippen molar-refractivity contribution >= 4 is 11.9 Å². The molecule has 144 valence electrons. The average Bonchev–Trinajstić information content (AvgIpc) is 3.05. The van der Waals surface area contributed by atoms with Crippen molar-refractivity contribution in [2.45, 2.75) is 39.2 Å². The number of likely N-dealkylation sites (tertiary alicyclic amines) is 1. The van der Waals surface area contributed by atoms with Crippen molar-refractivity contribution in [2.75, 3.05) is 13.1 Å². The van der Waals surface area contributed by atoms with Crippen LogP contribution >= 0.6 is 0 Å². The van der Waals surface area contributed by atoms with E-state index in [1.54, 1.807) is 6.92 Å². The van der Waals surface area contributed by atoms with Gasteiger partial charge in [0, 0.05) is 18.7 Å². The lowest BCUT2D eigenvalue weighted by molar-refractivity contribution is -0.162. The van der Waals surface area contributed by atoms with Gasteiger partial charge in [0.2, 0.25) is 0 Å². The van der Waals surface area contributed by atoms with E-state index < -0.39 is 17.5 Å². The molecule has 1 amide bonds. The van der Waals surface area contributed by atoms with Crippen molar-refractivity contribution in [3.05, 3.63) is 41.7 Å². The molecule has 7 heteroatoms. The number of carboxylic acid groups (broad SMARTS) is 1. The number of aryl methyl sites for hydroxylation is 1. The summed E-state index contributed by atoms with van der Waals surface area (Å²) >= 11 is 0. The normalized spacial score (nSPS) is 22.6. The number of hydrogen-bond donors (Lipinski definition) is 2. The van der Waals surface area contributed by atoms with Gasteiger partial charge in [0.05, 0.1) is 6.10 Å². The second kappa shape index (κ2) is 7.52. The number of carboxylic acids is 1. The molecule has 7 nitrogen and oxygen atoms in total. The van der Waals surface area contributed by atoms with Crippen LogP contribution in [-0.4, -0.2) is 51.3 Å². The zero-order chi connectivity index (χ0) is 19.6. The number of aromatic nitrogens is 1. The molecule has 0 radical (unpaired) electrons. The Bertz CT molecular complexity index is 832. The summed E-state index contributed by atoms with van der Waals surface area (Å²) in [5.41, 5.74) is 0.197. The Morgan fingerprint density at radius 3 is 2.67 bits per heavy atom. The van der Waals surface area contributed by atoms with Crippen LogP contribution in [0.4, 0.5) is 0 Å². The minimum Gasteiger partial charge on any atom is -0.481 e. The number of hydrogen-bond acceptors (Lipinski definition) is 5. The first-order valence-electron chi connectivity index (χ1n) is 9.13. The Morgan fingerprint density at radius 1 is 1.33 bits per heavy atom. The van der Waals surface area contributed by atoms with Crippen LogP contribution in [0.25, 0.3) is 11.3 Å². The topological polar surface area (TPSA) is 104 Å². The van der Waals surface area contributed by atoms with Gasteiger partial charge in [-0.2, -0.15) is 0 Å². The summed E-state index contributed by atoms with van der Waals surface area (Å²) in [6.45, 7) is 3.80. The molecule has 1 aliphatic rings.